The predicted molar refractivity (Wildman–Crippen MR) is 85.2 cm³/mol. The molecule has 0 saturated carbocycles. The summed E-state index contributed by atoms with van der Waals surface area (Å²) in [7, 11) is 0. The highest BCUT2D eigenvalue weighted by molar-refractivity contribution is 4.97. The highest BCUT2D eigenvalue weighted by Crippen LogP contribution is 2.35. The molecule has 118 valence electrons. The third-order valence-corrected chi connectivity index (χ3v) is 4.83. The Morgan fingerprint density at radius 3 is 2.45 bits per heavy atom. The van der Waals surface area contributed by atoms with Crippen LogP contribution in [0.2, 0.25) is 0 Å². The standard InChI is InChI=1S/C17H34N2O/c1-4-9-18-15-12-16-7-8-17(13-15)19(16)10-5-6-11-20-14(2)3/h14-18H,4-13H2,1-3H3. The molecule has 2 fully saturated rings. The number of unbranched alkanes of at least 4 members (excludes halogenated alkanes) is 1. The number of nitrogens with zero attached hydrogens (tertiary/aromatic N) is 1. The van der Waals surface area contributed by atoms with Gasteiger partial charge in [-0.15, -0.1) is 0 Å². The fraction of sp³-hybridized carbons (Fsp3) is 1.00. The lowest BCUT2D eigenvalue weighted by Crippen LogP contribution is -2.49. The van der Waals surface area contributed by atoms with E-state index < -0.39 is 0 Å². The van der Waals surface area contributed by atoms with E-state index in [0.29, 0.717) is 6.10 Å². The van der Waals surface area contributed by atoms with Gasteiger partial charge in [0.15, 0.2) is 0 Å². The van der Waals surface area contributed by atoms with E-state index in [1.165, 1.54) is 58.0 Å². The van der Waals surface area contributed by atoms with Crippen LogP contribution in [0.4, 0.5) is 0 Å². The lowest BCUT2D eigenvalue weighted by atomic mass is 9.97. The van der Waals surface area contributed by atoms with Gasteiger partial charge in [-0.3, -0.25) is 4.90 Å². The second-order valence-corrected chi connectivity index (χ2v) is 6.87. The lowest BCUT2D eigenvalue weighted by Gasteiger charge is -2.39. The SMILES string of the molecule is CCCNC1CC2CCC(C1)N2CCCCOC(C)C. The van der Waals surface area contributed by atoms with Crippen LogP contribution in [0.15, 0.2) is 0 Å². The van der Waals surface area contributed by atoms with E-state index in [4.69, 9.17) is 4.74 Å². The molecule has 20 heavy (non-hydrogen) atoms. The molecule has 2 aliphatic rings. The minimum absolute atomic E-state index is 0.381. The van der Waals surface area contributed by atoms with Crippen molar-refractivity contribution in [3.05, 3.63) is 0 Å². The third-order valence-electron chi connectivity index (χ3n) is 4.83. The van der Waals surface area contributed by atoms with Gasteiger partial charge in [-0.1, -0.05) is 6.92 Å². The van der Waals surface area contributed by atoms with Crippen molar-refractivity contribution in [3.8, 4) is 0 Å². The molecule has 0 radical (unpaired) electrons. The average Bonchev–Trinajstić information content (AvgIpc) is 2.66. The van der Waals surface area contributed by atoms with E-state index in [1.807, 2.05) is 0 Å². The predicted octanol–water partition coefficient (Wildman–Crippen LogP) is 3.19. The minimum atomic E-state index is 0.381. The van der Waals surface area contributed by atoms with Crippen molar-refractivity contribution < 1.29 is 4.74 Å². The molecule has 1 N–H and O–H groups in total. The first-order chi connectivity index (χ1) is 9.70. The van der Waals surface area contributed by atoms with E-state index >= 15 is 0 Å². The Bertz CT molecular complexity index is 256. The van der Waals surface area contributed by atoms with Crippen LogP contribution in [0.25, 0.3) is 0 Å². The second-order valence-electron chi connectivity index (χ2n) is 6.87. The number of hydrogen-bond acceptors (Lipinski definition) is 3. The first-order valence-corrected chi connectivity index (χ1v) is 8.81. The second kappa shape index (κ2) is 8.35. The topological polar surface area (TPSA) is 24.5 Å². The lowest BCUT2D eigenvalue weighted by molar-refractivity contribution is 0.0685. The van der Waals surface area contributed by atoms with Gasteiger partial charge in [-0.05, 0) is 71.9 Å². The number of rotatable bonds is 9. The van der Waals surface area contributed by atoms with E-state index in [-0.39, 0.29) is 0 Å². The van der Waals surface area contributed by atoms with Crippen molar-refractivity contribution in [1.29, 1.82) is 0 Å². The molecule has 2 saturated heterocycles. The molecule has 3 nitrogen and oxygen atoms in total. The van der Waals surface area contributed by atoms with Gasteiger partial charge in [0, 0.05) is 24.7 Å². The fourth-order valence-electron chi connectivity index (χ4n) is 3.87. The molecular weight excluding hydrogens is 248 g/mol. The average molecular weight is 282 g/mol. The summed E-state index contributed by atoms with van der Waals surface area (Å²) in [6, 6.07) is 2.50. The van der Waals surface area contributed by atoms with Gasteiger partial charge in [0.2, 0.25) is 0 Å². The molecule has 2 rings (SSSR count). The Hall–Kier alpha value is -0.120. The summed E-state index contributed by atoms with van der Waals surface area (Å²) >= 11 is 0. The van der Waals surface area contributed by atoms with Gasteiger partial charge in [0.05, 0.1) is 6.10 Å². The van der Waals surface area contributed by atoms with E-state index in [2.05, 4.69) is 31.0 Å². The molecule has 0 amide bonds. The molecule has 0 aromatic carbocycles. The van der Waals surface area contributed by atoms with Crippen LogP contribution in [0, 0.1) is 0 Å². The number of ether oxygens (including phenoxy) is 1. The number of fused-ring (bicyclic) bond motifs is 2. The highest BCUT2D eigenvalue weighted by Gasteiger charge is 2.39. The van der Waals surface area contributed by atoms with Crippen molar-refractivity contribution >= 4 is 0 Å². The van der Waals surface area contributed by atoms with Gasteiger partial charge in [-0.2, -0.15) is 0 Å². The molecule has 0 aromatic heterocycles. The van der Waals surface area contributed by atoms with Crippen molar-refractivity contribution in [2.45, 2.75) is 89.9 Å². The Morgan fingerprint density at radius 1 is 1.15 bits per heavy atom. The Morgan fingerprint density at radius 2 is 1.85 bits per heavy atom. The number of piperidine rings is 1. The first kappa shape index (κ1) is 16.3. The van der Waals surface area contributed by atoms with Crippen molar-refractivity contribution in [2.75, 3.05) is 19.7 Å². The van der Waals surface area contributed by atoms with Gasteiger partial charge in [0.25, 0.3) is 0 Å². The quantitative estimate of drug-likeness (QED) is 0.657. The number of nitrogens with one attached hydrogen (secondary N) is 1. The summed E-state index contributed by atoms with van der Waals surface area (Å²) in [4.78, 5) is 2.81. The maximum absolute atomic E-state index is 5.63. The van der Waals surface area contributed by atoms with Crippen LogP contribution in [-0.2, 0) is 4.74 Å². The van der Waals surface area contributed by atoms with Crippen molar-refractivity contribution in [3.63, 3.8) is 0 Å². The summed E-state index contributed by atoms with van der Waals surface area (Å²) < 4.78 is 5.63. The monoisotopic (exact) mass is 282 g/mol. The molecule has 2 bridgehead atoms. The smallest absolute Gasteiger partial charge is 0.0518 e. The van der Waals surface area contributed by atoms with Crippen LogP contribution in [0.5, 0.6) is 0 Å². The first-order valence-electron chi connectivity index (χ1n) is 8.81. The van der Waals surface area contributed by atoms with E-state index in [9.17, 15) is 0 Å². The molecule has 2 heterocycles. The summed E-state index contributed by atoms with van der Waals surface area (Å²) in [5, 5.41) is 3.73. The van der Waals surface area contributed by atoms with Crippen LogP contribution in [0.3, 0.4) is 0 Å². The Kier molecular flexibility index (Phi) is 6.79. The number of hydrogen-bond donors (Lipinski definition) is 1. The molecule has 3 heteroatoms. The maximum Gasteiger partial charge on any atom is 0.0518 e. The van der Waals surface area contributed by atoms with Crippen LogP contribution in [0.1, 0.15) is 65.7 Å². The molecule has 2 aliphatic heterocycles. The summed E-state index contributed by atoms with van der Waals surface area (Å²) in [6.45, 7) is 9.91. The van der Waals surface area contributed by atoms with Gasteiger partial charge in [-0.25, -0.2) is 0 Å². The fourth-order valence-corrected chi connectivity index (χ4v) is 3.87. The Balaban J connectivity index is 1.65. The van der Waals surface area contributed by atoms with Gasteiger partial charge >= 0.3 is 0 Å². The summed E-state index contributed by atoms with van der Waals surface area (Å²) in [5.74, 6) is 0. The van der Waals surface area contributed by atoms with E-state index in [1.54, 1.807) is 0 Å². The zero-order valence-electron chi connectivity index (χ0n) is 13.7. The van der Waals surface area contributed by atoms with Crippen LogP contribution >= 0.6 is 0 Å². The minimum Gasteiger partial charge on any atom is -0.379 e. The van der Waals surface area contributed by atoms with Crippen molar-refractivity contribution in [2.24, 2.45) is 0 Å². The molecule has 2 unspecified atom stereocenters. The highest BCUT2D eigenvalue weighted by atomic mass is 16.5. The van der Waals surface area contributed by atoms with Crippen molar-refractivity contribution in [1.82, 2.24) is 10.2 Å². The van der Waals surface area contributed by atoms with Gasteiger partial charge in [0.1, 0.15) is 0 Å². The third kappa shape index (κ3) is 4.71. The maximum atomic E-state index is 5.63. The molecular formula is C17H34N2O. The molecule has 2 atom stereocenters. The van der Waals surface area contributed by atoms with E-state index in [0.717, 1.165) is 24.7 Å². The molecule has 0 spiro atoms. The van der Waals surface area contributed by atoms with Crippen LogP contribution in [-0.4, -0.2) is 48.8 Å². The Labute approximate surface area is 125 Å². The molecule has 0 aromatic rings. The zero-order chi connectivity index (χ0) is 14.4. The molecule has 0 aliphatic carbocycles. The summed E-state index contributed by atoms with van der Waals surface area (Å²) in [5.41, 5.74) is 0. The largest absolute Gasteiger partial charge is 0.379 e. The normalized spacial score (nSPS) is 30.3. The van der Waals surface area contributed by atoms with Crippen LogP contribution < -0.4 is 5.32 Å². The summed E-state index contributed by atoms with van der Waals surface area (Å²) in [6.07, 6.45) is 9.75. The van der Waals surface area contributed by atoms with Gasteiger partial charge < -0.3 is 10.1 Å². The zero-order valence-corrected chi connectivity index (χ0v) is 13.7.